The fraction of sp³-hybridized carbons (Fsp3) is 0.462. The van der Waals surface area contributed by atoms with Gasteiger partial charge < -0.3 is 5.32 Å². The molecule has 1 aliphatic heterocycles. The van der Waals surface area contributed by atoms with Gasteiger partial charge in [0.25, 0.3) is 0 Å². The predicted octanol–water partition coefficient (Wildman–Crippen LogP) is 2.01. The van der Waals surface area contributed by atoms with E-state index in [0.717, 1.165) is 31.7 Å². The number of nitrogens with one attached hydrogen (secondary N) is 1. The summed E-state index contributed by atoms with van der Waals surface area (Å²) in [5.41, 5.74) is 1.71. The Kier molecular flexibility index (Phi) is 4.01. The van der Waals surface area contributed by atoms with Crippen molar-refractivity contribution < 1.29 is 0 Å². The molecule has 17 heavy (non-hydrogen) atoms. The highest BCUT2D eigenvalue weighted by Crippen LogP contribution is 2.19. The highest BCUT2D eigenvalue weighted by Gasteiger charge is 2.16. The van der Waals surface area contributed by atoms with E-state index in [2.05, 4.69) is 23.2 Å². The van der Waals surface area contributed by atoms with Gasteiger partial charge in [-0.3, -0.25) is 4.90 Å². The van der Waals surface area contributed by atoms with Gasteiger partial charge in [0.2, 0.25) is 0 Å². The van der Waals surface area contributed by atoms with Gasteiger partial charge in [-0.2, -0.15) is 5.26 Å². The first kappa shape index (κ1) is 12.4. The maximum atomic E-state index is 8.78. The molecular formula is C13H16ClN3. The zero-order valence-electron chi connectivity index (χ0n) is 9.91. The van der Waals surface area contributed by atoms with Crippen molar-refractivity contribution in [3.63, 3.8) is 0 Å². The van der Waals surface area contributed by atoms with Crippen LogP contribution >= 0.6 is 11.6 Å². The maximum absolute atomic E-state index is 8.78. The molecule has 0 bridgehead atoms. The van der Waals surface area contributed by atoms with Crippen LogP contribution in [0, 0.1) is 11.3 Å². The highest BCUT2D eigenvalue weighted by atomic mass is 35.5. The Labute approximate surface area is 107 Å². The number of nitrogens with zero attached hydrogens (tertiary/aromatic N) is 2. The Morgan fingerprint density at radius 2 is 2.41 bits per heavy atom. The third-order valence-corrected chi connectivity index (χ3v) is 3.38. The van der Waals surface area contributed by atoms with E-state index in [9.17, 15) is 0 Å². The summed E-state index contributed by atoms with van der Waals surface area (Å²) >= 11 is 6.17. The number of hydrogen-bond acceptors (Lipinski definition) is 3. The lowest BCUT2D eigenvalue weighted by Crippen LogP contribution is -2.48. The molecule has 1 unspecified atom stereocenters. The molecule has 4 heteroatoms. The van der Waals surface area contributed by atoms with Crippen molar-refractivity contribution in [2.24, 2.45) is 0 Å². The smallest absolute Gasteiger partial charge is 0.0992 e. The molecule has 1 atom stereocenters. The molecule has 0 saturated carbocycles. The van der Waals surface area contributed by atoms with Crippen LogP contribution in [0.5, 0.6) is 0 Å². The van der Waals surface area contributed by atoms with Crippen LogP contribution in [0.25, 0.3) is 0 Å². The second-order valence-corrected chi connectivity index (χ2v) is 4.92. The number of halogens is 1. The van der Waals surface area contributed by atoms with E-state index in [1.54, 1.807) is 6.07 Å². The van der Waals surface area contributed by atoms with E-state index in [0.29, 0.717) is 16.6 Å². The van der Waals surface area contributed by atoms with Crippen LogP contribution in [0.2, 0.25) is 5.02 Å². The second kappa shape index (κ2) is 5.50. The van der Waals surface area contributed by atoms with Crippen molar-refractivity contribution in [2.45, 2.75) is 19.5 Å². The predicted molar refractivity (Wildman–Crippen MR) is 68.9 cm³/mol. The van der Waals surface area contributed by atoms with Crippen molar-refractivity contribution in [2.75, 3.05) is 19.6 Å². The molecular weight excluding hydrogens is 234 g/mol. The van der Waals surface area contributed by atoms with E-state index in [1.807, 2.05) is 12.1 Å². The van der Waals surface area contributed by atoms with E-state index in [4.69, 9.17) is 16.9 Å². The van der Waals surface area contributed by atoms with Gasteiger partial charge >= 0.3 is 0 Å². The second-order valence-electron chi connectivity index (χ2n) is 4.51. The number of nitriles is 1. The number of hydrogen-bond donors (Lipinski definition) is 1. The lowest BCUT2D eigenvalue weighted by Gasteiger charge is -2.32. The first-order chi connectivity index (χ1) is 8.19. The number of rotatable bonds is 2. The molecule has 0 aliphatic carbocycles. The minimum atomic E-state index is 0.529. The molecule has 1 N–H and O–H groups in total. The lowest BCUT2D eigenvalue weighted by atomic mass is 10.1. The van der Waals surface area contributed by atoms with Crippen LogP contribution < -0.4 is 5.32 Å². The largest absolute Gasteiger partial charge is 0.312 e. The summed E-state index contributed by atoms with van der Waals surface area (Å²) in [4.78, 5) is 2.38. The van der Waals surface area contributed by atoms with Crippen molar-refractivity contribution in [3.05, 3.63) is 34.3 Å². The molecule has 0 spiro atoms. The van der Waals surface area contributed by atoms with Gasteiger partial charge in [0, 0.05) is 37.2 Å². The Hall–Kier alpha value is -1.08. The molecule has 1 heterocycles. The van der Waals surface area contributed by atoms with Crippen LogP contribution in [-0.2, 0) is 6.54 Å². The number of benzene rings is 1. The average molecular weight is 250 g/mol. The van der Waals surface area contributed by atoms with E-state index >= 15 is 0 Å². The number of piperazine rings is 1. The first-order valence-electron chi connectivity index (χ1n) is 5.83. The van der Waals surface area contributed by atoms with Gasteiger partial charge in [0.1, 0.15) is 0 Å². The van der Waals surface area contributed by atoms with Gasteiger partial charge in [0.05, 0.1) is 11.6 Å². The average Bonchev–Trinajstić information content (AvgIpc) is 2.32. The van der Waals surface area contributed by atoms with Crippen molar-refractivity contribution in [1.29, 1.82) is 5.26 Å². The van der Waals surface area contributed by atoms with E-state index in [1.165, 1.54) is 0 Å². The summed E-state index contributed by atoms with van der Waals surface area (Å²) in [5, 5.41) is 12.9. The quantitative estimate of drug-likeness (QED) is 0.872. The minimum Gasteiger partial charge on any atom is -0.312 e. The van der Waals surface area contributed by atoms with Crippen LogP contribution in [-0.4, -0.2) is 30.6 Å². The molecule has 1 aliphatic rings. The van der Waals surface area contributed by atoms with Crippen molar-refractivity contribution in [3.8, 4) is 6.07 Å². The zero-order chi connectivity index (χ0) is 12.3. The first-order valence-corrected chi connectivity index (χ1v) is 6.21. The summed E-state index contributed by atoms with van der Waals surface area (Å²) < 4.78 is 0. The molecule has 1 fully saturated rings. The molecule has 1 saturated heterocycles. The van der Waals surface area contributed by atoms with Gasteiger partial charge in [-0.25, -0.2) is 0 Å². The van der Waals surface area contributed by atoms with Crippen LogP contribution in [0.4, 0.5) is 0 Å². The summed E-state index contributed by atoms with van der Waals surface area (Å²) in [5.74, 6) is 0. The highest BCUT2D eigenvalue weighted by molar-refractivity contribution is 6.31. The molecule has 90 valence electrons. The standard InChI is InChI=1S/C13H16ClN3/c1-10-8-17(5-4-16-10)9-12-3-2-11(7-15)6-13(12)14/h2-3,6,10,16H,4-5,8-9H2,1H3. The van der Waals surface area contributed by atoms with E-state index in [-0.39, 0.29) is 0 Å². The summed E-state index contributed by atoms with van der Waals surface area (Å²) in [6.45, 7) is 6.15. The Balaban J connectivity index is 2.06. The Morgan fingerprint density at radius 1 is 1.59 bits per heavy atom. The summed E-state index contributed by atoms with van der Waals surface area (Å²) in [6.07, 6.45) is 0. The lowest BCUT2D eigenvalue weighted by molar-refractivity contribution is 0.199. The fourth-order valence-electron chi connectivity index (χ4n) is 2.14. The maximum Gasteiger partial charge on any atom is 0.0992 e. The topological polar surface area (TPSA) is 39.1 Å². The zero-order valence-corrected chi connectivity index (χ0v) is 10.7. The third kappa shape index (κ3) is 3.19. The van der Waals surface area contributed by atoms with Gasteiger partial charge in [-0.15, -0.1) is 0 Å². The molecule has 2 rings (SSSR count). The van der Waals surface area contributed by atoms with Crippen LogP contribution in [0.15, 0.2) is 18.2 Å². The fourth-order valence-corrected chi connectivity index (χ4v) is 2.38. The van der Waals surface area contributed by atoms with E-state index < -0.39 is 0 Å². The van der Waals surface area contributed by atoms with Crippen molar-refractivity contribution >= 4 is 11.6 Å². The third-order valence-electron chi connectivity index (χ3n) is 3.03. The Bertz CT molecular complexity index is 439. The summed E-state index contributed by atoms with van der Waals surface area (Å²) in [6, 6.07) is 8.14. The Morgan fingerprint density at radius 3 is 3.06 bits per heavy atom. The van der Waals surface area contributed by atoms with Gasteiger partial charge in [-0.05, 0) is 24.6 Å². The summed E-state index contributed by atoms with van der Waals surface area (Å²) in [7, 11) is 0. The minimum absolute atomic E-state index is 0.529. The molecule has 1 aromatic rings. The van der Waals surface area contributed by atoms with Crippen LogP contribution in [0.3, 0.4) is 0 Å². The molecule has 3 nitrogen and oxygen atoms in total. The molecule has 1 aromatic carbocycles. The normalized spacial score (nSPS) is 21.1. The van der Waals surface area contributed by atoms with Crippen molar-refractivity contribution in [1.82, 2.24) is 10.2 Å². The molecule has 0 amide bonds. The monoisotopic (exact) mass is 249 g/mol. The van der Waals surface area contributed by atoms with Gasteiger partial charge in [-0.1, -0.05) is 17.7 Å². The molecule has 0 aromatic heterocycles. The van der Waals surface area contributed by atoms with Gasteiger partial charge in [0.15, 0.2) is 0 Å². The SMILES string of the molecule is CC1CN(Cc2ccc(C#N)cc2Cl)CCN1. The molecule has 0 radical (unpaired) electrons. The van der Waals surface area contributed by atoms with Crippen LogP contribution in [0.1, 0.15) is 18.1 Å².